The summed E-state index contributed by atoms with van der Waals surface area (Å²) in [7, 11) is 0. The summed E-state index contributed by atoms with van der Waals surface area (Å²) in [5.74, 6) is 1.42. The van der Waals surface area contributed by atoms with Gasteiger partial charge in [0.15, 0.2) is 0 Å². The number of rotatable bonds is 2. The maximum absolute atomic E-state index is 11.5. The van der Waals surface area contributed by atoms with E-state index in [1.807, 2.05) is 13.8 Å². The zero-order chi connectivity index (χ0) is 8.43. The maximum atomic E-state index is 11.5. The van der Waals surface area contributed by atoms with Crippen LogP contribution in [0, 0.1) is 17.8 Å². The van der Waals surface area contributed by atoms with E-state index in [0.29, 0.717) is 11.7 Å². The largest absolute Gasteiger partial charge is 0.316 e. The van der Waals surface area contributed by atoms with E-state index in [9.17, 15) is 4.79 Å². The molecule has 2 heteroatoms. The number of Topliss-reactive ketones (excluding diaryl/α,β-unsaturated/α-hetero) is 1. The number of carbonyl (C=O) groups is 1. The highest BCUT2D eigenvalue weighted by Gasteiger charge is 2.30. The number of hydrogen-bond donors (Lipinski definition) is 1. The van der Waals surface area contributed by atoms with Crippen LogP contribution in [0.25, 0.3) is 0 Å². The standard InChI is InChI=1S/C9H17NO/c1-6(2)9(11)8-5-10-4-7(8)3/h6-8,10H,4-5H2,1-3H3/t7-,8-/m0/s1. The first-order valence-corrected chi connectivity index (χ1v) is 4.37. The lowest BCUT2D eigenvalue weighted by Crippen LogP contribution is -2.25. The lowest BCUT2D eigenvalue weighted by atomic mass is 9.88. The third-order valence-corrected chi connectivity index (χ3v) is 2.45. The van der Waals surface area contributed by atoms with Gasteiger partial charge in [0.25, 0.3) is 0 Å². The summed E-state index contributed by atoms with van der Waals surface area (Å²) in [6, 6.07) is 0. The minimum atomic E-state index is 0.197. The van der Waals surface area contributed by atoms with Gasteiger partial charge < -0.3 is 5.32 Å². The van der Waals surface area contributed by atoms with Crippen LogP contribution in [0.4, 0.5) is 0 Å². The molecule has 0 aromatic carbocycles. The molecule has 0 radical (unpaired) electrons. The van der Waals surface area contributed by atoms with Crippen LogP contribution in [0.5, 0.6) is 0 Å². The minimum absolute atomic E-state index is 0.197. The lowest BCUT2D eigenvalue weighted by molar-refractivity contribution is -0.126. The summed E-state index contributed by atoms with van der Waals surface area (Å²) in [4.78, 5) is 11.5. The molecule has 11 heavy (non-hydrogen) atoms. The van der Waals surface area contributed by atoms with Crippen molar-refractivity contribution in [3.05, 3.63) is 0 Å². The Hall–Kier alpha value is -0.370. The molecule has 1 aliphatic rings. The molecule has 0 aromatic rings. The molecule has 0 saturated carbocycles. The van der Waals surface area contributed by atoms with Crippen LogP contribution >= 0.6 is 0 Å². The van der Waals surface area contributed by atoms with Crippen LogP contribution < -0.4 is 5.32 Å². The summed E-state index contributed by atoms with van der Waals surface area (Å²) in [5, 5.41) is 3.24. The van der Waals surface area contributed by atoms with Crippen LogP contribution in [-0.2, 0) is 4.79 Å². The molecule has 1 rings (SSSR count). The molecule has 0 amide bonds. The van der Waals surface area contributed by atoms with Gasteiger partial charge in [0, 0.05) is 18.4 Å². The Morgan fingerprint density at radius 1 is 1.45 bits per heavy atom. The molecule has 1 N–H and O–H groups in total. The van der Waals surface area contributed by atoms with Gasteiger partial charge in [0.1, 0.15) is 5.78 Å². The number of nitrogens with one attached hydrogen (secondary N) is 1. The summed E-state index contributed by atoms with van der Waals surface area (Å²) in [5.41, 5.74) is 0. The molecule has 0 aliphatic carbocycles. The molecule has 0 aromatic heterocycles. The average Bonchev–Trinajstić information content (AvgIpc) is 2.33. The molecule has 64 valence electrons. The Balaban J connectivity index is 2.53. The minimum Gasteiger partial charge on any atom is -0.316 e. The quantitative estimate of drug-likeness (QED) is 0.646. The molecule has 2 atom stereocenters. The fraction of sp³-hybridized carbons (Fsp3) is 0.889. The SMILES string of the molecule is CC(C)C(=O)[C@H]1CNC[C@@H]1C. The van der Waals surface area contributed by atoms with Crippen molar-refractivity contribution in [2.24, 2.45) is 17.8 Å². The molecule has 0 unspecified atom stereocenters. The first-order valence-electron chi connectivity index (χ1n) is 4.37. The Labute approximate surface area is 68.4 Å². The zero-order valence-electron chi connectivity index (χ0n) is 7.55. The van der Waals surface area contributed by atoms with E-state index >= 15 is 0 Å². The van der Waals surface area contributed by atoms with E-state index in [-0.39, 0.29) is 11.8 Å². The van der Waals surface area contributed by atoms with Gasteiger partial charge in [-0.05, 0) is 12.5 Å². The van der Waals surface area contributed by atoms with Gasteiger partial charge in [-0.3, -0.25) is 4.79 Å². The Morgan fingerprint density at radius 2 is 2.09 bits per heavy atom. The first kappa shape index (κ1) is 8.72. The van der Waals surface area contributed by atoms with E-state index in [4.69, 9.17) is 0 Å². The summed E-state index contributed by atoms with van der Waals surface area (Å²) in [6.45, 7) is 7.99. The van der Waals surface area contributed by atoms with Crippen molar-refractivity contribution in [2.45, 2.75) is 20.8 Å². The fourth-order valence-corrected chi connectivity index (χ4v) is 1.62. The molecule has 1 fully saturated rings. The summed E-state index contributed by atoms with van der Waals surface area (Å²) >= 11 is 0. The van der Waals surface area contributed by atoms with E-state index in [2.05, 4.69) is 12.2 Å². The Morgan fingerprint density at radius 3 is 2.45 bits per heavy atom. The predicted molar refractivity (Wildman–Crippen MR) is 45.4 cm³/mol. The van der Waals surface area contributed by atoms with Gasteiger partial charge in [-0.15, -0.1) is 0 Å². The monoisotopic (exact) mass is 155 g/mol. The van der Waals surface area contributed by atoms with Crippen LogP contribution in [0.3, 0.4) is 0 Å². The average molecular weight is 155 g/mol. The third-order valence-electron chi connectivity index (χ3n) is 2.45. The highest BCUT2D eigenvalue weighted by molar-refractivity contribution is 5.83. The summed E-state index contributed by atoms with van der Waals surface area (Å²) in [6.07, 6.45) is 0. The maximum Gasteiger partial charge on any atom is 0.140 e. The number of hydrogen-bond acceptors (Lipinski definition) is 2. The van der Waals surface area contributed by atoms with Crippen LogP contribution in [-0.4, -0.2) is 18.9 Å². The second-order valence-electron chi connectivity index (χ2n) is 3.80. The molecule has 1 heterocycles. The van der Waals surface area contributed by atoms with Crippen molar-refractivity contribution >= 4 is 5.78 Å². The highest BCUT2D eigenvalue weighted by Crippen LogP contribution is 2.19. The third kappa shape index (κ3) is 1.80. The van der Waals surface area contributed by atoms with Crippen LogP contribution in [0.1, 0.15) is 20.8 Å². The van der Waals surface area contributed by atoms with Gasteiger partial charge in [0.05, 0.1) is 0 Å². The van der Waals surface area contributed by atoms with Crippen molar-refractivity contribution < 1.29 is 4.79 Å². The molecule has 1 saturated heterocycles. The molecule has 0 bridgehead atoms. The van der Waals surface area contributed by atoms with Crippen molar-refractivity contribution in [2.75, 3.05) is 13.1 Å². The van der Waals surface area contributed by atoms with E-state index in [1.54, 1.807) is 0 Å². The molecule has 2 nitrogen and oxygen atoms in total. The van der Waals surface area contributed by atoms with Crippen LogP contribution in [0.2, 0.25) is 0 Å². The Bertz CT molecular complexity index is 154. The molecule has 0 spiro atoms. The van der Waals surface area contributed by atoms with Gasteiger partial charge in [-0.25, -0.2) is 0 Å². The zero-order valence-corrected chi connectivity index (χ0v) is 7.55. The van der Waals surface area contributed by atoms with Crippen molar-refractivity contribution in [1.82, 2.24) is 5.32 Å². The van der Waals surface area contributed by atoms with Crippen LogP contribution in [0.15, 0.2) is 0 Å². The van der Waals surface area contributed by atoms with E-state index < -0.39 is 0 Å². The Kier molecular flexibility index (Phi) is 2.66. The van der Waals surface area contributed by atoms with Crippen molar-refractivity contribution in [1.29, 1.82) is 0 Å². The molecule has 1 aliphatic heterocycles. The predicted octanol–water partition coefficient (Wildman–Crippen LogP) is 1.07. The van der Waals surface area contributed by atoms with Gasteiger partial charge in [-0.1, -0.05) is 20.8 Å². The summed E-state index contributed by atoms with van der Waals surface area (Å²) < 4.78 is 0. The lowest BCUT2D eigenvalue weighted by Gasteiger charge is -2.14. The molecular formula is C9H17NO. The number of carbonyl (C=O) groups excluding carboxylic acids is 1. The van der Waals surface area contributed by atoms with Gasteiger partial charge in [0.2, 0.25) is 0 Å². The second kappa shape index (κ2) is 3.35. The smallest absolute Gasteiger partial charge is 0.140 e. The van der Waals surface area contributed by atoms with E-state index in [0.717, 1.165) is 13.1 Å². The van der Waals surface area contributed by atoms with Crippen molar-refractivity contribution in [3.63, 3.8) is 0 Å². The molecular weight excluding hydrogens is 138 g/mol. The highest BCUT2D eigenvalue weighted by atomic mass is 16.1. The van der Waals surface area contributed by atoms with Crippen molar-refractivity contribution in [3.8, 4) is 0 Å². The van der Waals surface area contributed by atoms with Gasteiger partial charge in [-0.2, -0.15) is 0 Å². The number of ketones is 1. The van der Waals surface area contributed by atoms with Gasteiger partial charge >= 0.3 is 0 Å². The second-order valence-corrected chi connectivity index (χ2v) is 3.80. The fourth-order valence-electron chi connectivity index (χ4n) is 1.62. The topological polar surface area (TPSA) is 29.1 Å². The van der Waals surface area contributed by atoms with E-state index in [1.165, 1.54) is 0 Å². The first-order chi connectivity index (χ1) is 5.13. The normalized spacial score (nSPS) is 31.3.